The van der Waals surface area contributed by atoms with Crippen molar-refractivity contribution in [3.63, 3.8) is 0 Å². The molecule has 4 heterocycles. The molecule has 0 spiro atoms. The molecule has 7 rings (SSSR count). The molecule has 0 aliphatic carbocycles. The van der Waals surface area contributed by atoms with Crippen LogP contribution in [0.15, 0.2) is 96.2 Å². The van der Waals surface area contributed by atoms with E-state index in [1.165, 1.54) is 33.6 Å². The molecule has 0 unspecified atom stereocenters. The van der Waals surface area contributed by atoms with Gasteiger partial charge in [0.05, 0.1) is 17.2 Å². The molecule has 0 saturated carbocycles. The van der Waals surface area contributed by atoms with Crippen molar-refractivity contribution in [1.82, 2.24) is 29.1 Å². The summed E-state index contributed by atoms with van der Waals surface area (Å²) in [6.07, 6.45) is 11.2. The Labute approximate surface area is 290 Å². The summed E-state index contributed by atoms with van der Waals surface area (Å²) in [5.41, 5.74) is 10.9. The molecule has 0 N–H and O–H groups in total. The molecular weight excluding hydrogens is 761 g/mol. The van der Waals surface area contributed by atoms with Gasteiger partial charge in [-0.3, -0.25) is 9.97 Å². The summed E-state index contributed by atoms with van der Waals surface area (Å²) >= 11 is 0. The van der Waals surface area contributed by atoms with Gasteiger partial charge in [0, 0.05) is 68.7 Å². The van der Waals surface area contributed by atoms with Crippen LogP contribution in [0, 0.1) is 32.9 Å². The number of nitrogens with zero attached hydrogens (tertiary/aromatic N) is 6. The molecule has 0 bridgehead atoms. The minimum Gasteiger partial charge on any atom is -0.488 e. The topological polar surface area (TPSA) is 74.6 Å². The average molecular weight is 799 g/mol. The monoisotopic (exact) mass is 799 g/mol. The Hall–Kier alpha value is -4.65. The number of para-hydroxylation sites is 2. The fourth-order valence-electron chi connectivity index (χ4n) is 5.91. The molecule has 7 nitrogen and oxygen atoms in total. The first kappa shape index (κ1) is 33.7. The van der Waals surface area contributed by atoms with Crippen LogP contribution in [-0.2, 0) is 20.1 Å². The second-order valence-electron chi connectivity index (χ2n) is 12.1. The first-order valence-electron chi connectivity index (χ1n) is 15.6. The van der Waals surface area contributed by atoms with Crippen molar-refractivity contribution in [2.24, 2.45) is 0 Å². The molecule has 4 aromatic heterocycles. The van der Waals surface area contributed by atoms with Crippen molar-refractivity contribution in [1.29, 1.82) is 0 Å². The van der Waals surface area contributed by atoms with Crippen LogP contribution in [0.1, 0.15) is 67.7 Å². The van der Waals surface area contributed by atoms with Gasteiger partial charge in [-0.05, 0) is 47.9 Å². The van der Waals surface area contributed by atoms with E-state index in [1.807, 2.05) is 43.8 Å². The van der Waals surface area contributed by atoms with Gasteiger partial charge in [0.2, 0.25) is 0 Å². The standard InChI is InChI=1S/C23H24N3O.C16H14N3.Ir/c1-14(2)18-7-6-8-19(15(3)4)22(18)26-12-11-24-23(26)17-9-10-21-20(13-17)25-16(5)27-21;1-12-5-3-6-13(2)15(12)19-10-9-18-16(19)14-7-4-8-17-11-14;/h6-8,10-15H,1-5H3;3-6,8-11H,1-2H3;/q2*-1;. The maximum Gasteiger partial charge on any atom is 0.180 e. The Bertz CT molecular complexity index is 2060. The Morgan fingerprint density at radius 2 is 1.32 bits per heavy atom. The SMILES string of the molecule is Cc1cccc(C)c1-n1ccnc1-c1[c-]ccnc1.Cc1nc2cc(-c3nccn3-c3c(C(C)C)cccc3C(C)C)[c-]cc2o1.[Ir]. The third-order valence-corrected chi connectivity index (χ3v) is 8.06. The molecule has 3 aromatic carbocycles. The summed E-state index contributed by atoms with van der Waals surface area (Å²) in [7, 11) is 0. The number of aryl methyl sites for hydroxylation is 3. The van der Waals surface area contributed by atoms with E-state index in [9.17, 15) is 0 Å². The van der Waals surface area contributed by atoms with Crippen LogP contribution in [0.2, 0.25) is 0 Å². The van der Waals surface area contributed by atoms with Crippen LogP contribution in [0.3, 0.4) is 0 Å². The molecule has 1 radical (unpaired) electrons. The van der Waals surface area contributed by atoms with Crippen molar-refractivity contribution in [2.45, 2.75) is 60.3 Å². The number of benzene rings is 3. The van der Waals surface area contributed by atoms with E-state index in [2.05, 4.69) is 119 Å². The Morgan fingerprint density at radius 3 is 1.91 bits per heavy atom. The first-order chi connectivity index (χ1) is 22.2. The zero-order chi connectivity index (χ0) is 32.4. The summed E-state index contributed by atoms with van der Waals surface area (Å²) in [4.78, 5) is 17.7. The maximum absolute atomic E-state index is 5.59. The number of hydrogen-bond donors (Lipinski definition) is 0. The second kappa shape index (κ2) is 14.4. The van der Waals surface area contributed by atoms with Crippen LogP contribution < -0.4 is 0 Å². The van der Waals surface area contributed by atoms with Gasteiger partial charge < -0.3 is 18.5 Å². The minimum atomic E-state index is 0. The van der Waals surface area contributed by atoms with Crippen LogP contribution in [0.25, 0.3) is 45.3 Å². The van der Waals surface area contributed by atoms with Gasteiger partial charge in [-0.2, -0.15) is 0 Å². The maximum atomic E-state index is 5.59. The Morgan fingerprint density at radius 1 is 0.723 bits per heavy atom. The number of fused-ring (bicyclic) bond motifs is 1. The molecule has 0 atom stereocenters. The number of hydrogen-bond acceptors (Lipinski definition) is 5. The average Bonchev–Trinajstić information content (AvgIpc) is 3.80. The fraction of sp³-hybridized carbons (Fsp3) is 0.231. The number of imidazole rings is 2. The van der Waals surface area contributed by atoms with Gasteiger partial charge in [-0.1, -0.05) is 82.1 Å². The zero-order valence-corrected chi connectivity index (χ0v) is 30.1. The van der Waals surface area contributed by atoms with Crippen molar-refractivity contribution in [2.75, 3.05) is 0 Å². The summed E-state index contributed by atoms with van der Waals surface area (Å²) in [6, 6.07) is 25.0. The van der Waals surface area contributed by atoms with Gasteiger partial charge in [0.15, 0.2) is 5.89 Å². The number of pyridine rings is 1. The third kappa shape index (κ3) is 6.90. The van der Waals surface area contributed by atoms with Gasteiger partial charge in [-0.15, -0.1) is 35.9 Å². The summed E-state index contributed by atoms with van der Waals surface area (Å²) in [5, 5.41) is 0. The van der Waals surface area contributed by atoms with Gasteiger partial charge >= 0.3 is 0 Å². The predicted molar refractivity (Wildman–Crippen MR) is 183 cm³/mol. The van der Waals surface area contributed by atoms with Crippen molar-refractivity contribution >= 4 is 11.1 Å². The molecule has 47 heavy (non-hydrogen) atoms. The van der Waals surface area contributed by atoms with Crippen LogP contribution >= 0.6 is 0 Å². The predicted octanol–water partition coefficient (Wildman–Crippen LogP) is 9.38. The number of aromatic nitrogens is 6. The second-order valence-corrected chi connectivity index (χ2v) is 12.1. The summed E-state index contributed by atoms with van der Waals surface area (Å²) < 4.78 is 9.87. The quantitative estimate of drug-likeness (QED) is 0.157. The van der Waals surface area contributed by atoms with Crippen LogP contribution in [0.4, 0.5) is 0 Å². The number of rotatable bonds is 6. The normalized spacial score (nSPS) is 11.1. The van der Waals surface area contributed by atoms with Crippen LogP contribution in [0.5, 0.6) is 0 Å². The molecule has 241 valence electrons. The number of oxazole rings is 1. The van der Waals surface area contributed by atoms with Crippen molar-refractivity contribution in [3.05, 3.63) is 132 Å². The van der Waals surface area contributed by atoms with E-state index >= 15 is 0 Å². The van der Waals surface area contributed by atoms with Gasteiger partial charge in [-0.25, -0.2) is 4.98 Å². The minimum absolute atomic E-state index is 0. The van der Waals surface area contributed by atoms with E-state index in [0.29, 0.717) is 17.7 Å². The summed E-state index contributed by atoms with van der Waals surface area (Å²) in [5.74, 6) is 3.22. The zero-order valence-electron chi connectivity index (χ0n) is 27.7. The van der Waals surface area contributed by atoms with Gasteiger partial charge in [0.25, 0.3) is 0 Å². The van der Waals surface area contributed by atoms with Gasteiger partial charge in [0.1, 0.15) is 0 Å². The largest absolute Gasteiger partial charge is 0.488 e. The Balaban J connectivity index is 0.000000191. The van der Waals surface area contributed by atoms with Crippen molar-refractivity contribution < 1.29 is 24.5 Å². The van der Waals surface area contributed by atoms with Crippen molar-refractivity contribution in [3.8, 4) is 34.2 Å². The smallest absolute Gasteiger partial charge is 0.180 e. The van der Waals surface area contributed by atoms with E-state index < -0.39 is 0 Å². The molecule has 8 heteroatoms. The molecular formula is C39H38IrN6O-2. The molecule has 0 aliphatic heterocycles. The molecule has 0 aliphatic rings. The van der Waals surface area contributed by atoms with Crippen LogP contribution in [-0.4, -0.2) is 29.1 Å². The third-order valence-electron chi connectivity index (χ3n) is 8.06. The van der Waals surface area contributed by atoms with E-state index in [4.69, 9.17) is 4.42 Å². The molecule has 7 aromatic rings. The van der Waals surface area contributed by atoms with E-state index in [1.54, 1.807) is 18.5 Å². The molecule has 0 amide bonds. The fourth-order valence-corrected chi connectivity index (χ4v) is 5.91. The summed E-state index contributed by atoms with van der Waals surface area (Å²) in [6.45, 7) is 15.0. The van der Waals surface area contributed by atoms with E-state index in [-0.39, 0.29) is 20.1 Å². The Kier molecular flexibility index (Phi) is 10.3. The molecule has 0 fully saturated rings. The first-order valence-corrected chi connectivity index (χ1v) is 15.6. The van der Waals surface area contributed by atoms with E-state index in [0.717, 1.165) is 33.9 Å². The molecule has 0 saturated heterocycles.